The van der Waals surface area contributed by atoms with Crippen LogP contribution in [0.1, 0.15) is 44.9 Å². The lowest BCUT2D eigenvalue weighted by Gasteiger charge is -2.22. The predicted molar refractivity (Wildman–Crippen MR) is 97.9 cm³/mol. The van der Waals surface area contributed by atoms with Gasteiger partial charge in [-0.3, -0.25) is 0 Å². The summed E-state index contributed by atoms with van der Waals surface area (Å²) in [4.78, 5) is 10.8. The van der Waals surface area contributed by atoms with Crippen LogP contribution in [0.3, 0.4) is 0 Å². The Morgan fingerprint density at radius 3 is 2.72 bits per heavy atom. The third-order valence-electron chi connectivity index (χ3n) is 3.66. The second-order valence-corrected chi connectivity index (χ2v) is 7.02. The zero-order valence-corrected chi connectivity index (χ0v) is 15.6. The Hall–Kier alpha value is -2.37. The molecule has 5 nitrogen and oxygen atoms in total. The molecule has 1 aromatic carbocycles. The summed E-state index contributed by atoms with van der Waals surface area (Å²) < 4.78 is 19.1. The molecule has 0 saturated heterocycles. The third-order valence-corrected chi connectivity index (χ3v) is 3.66. The quantitative estimate of drug-likeness (QED) is 0.662. The van der Waals surface area contributed by atoms with Crippen molar-refractivity contribution in [1.82, 2.24) is 15.2 Å². The van der Waals surface area contributed by atoms with Crippen LogP contribution in [0.5, 0.6) is 0 Å². The lowest BCUT2D eigenvalue weighted by Crippen LogP contribution is -2.38. The predicted octanol–water partition coefficient (Wildman–Crippen LogP) is 3.71. The van der Waals surface area contributed by atoms with Crippen molar-refractivity contribution in [3.05, 3.63) is 53.5 Å². The van der Waals surface area contributed by atoms with Gasteiger partial charge in [0.2, 0.25) is 5.89 Å². The summed E-state index contributed by atoms with van der Waals surface area (Å²) >= 11 is 0. The normalized spacial score (nSPS) is 12.3. The fourth-order valence-electron chi connectivity index (χ4n) is 2.33. The minimum absolute atomic E-state index is 0.0758. The molecule has 0 atom stereocenters. The van der Waals surface area contributed by atoms with E-state index in [1.54, 1.807) is 12.3 Å². The monoisotopic (exact) mass is 346 g/mol. The SMILES string of the molecule is CCNC(=NCc1ncc(C(C)(C)C)o1)N(C)Cc1cccc(F)c1. The number of aromatic nitrogens is 1. The maximum Gasteiger partial charge on any atom is 0.216 e. The lowest BCUT2D eigenvalue weighted by molar-refractivity contribution is 0.382. The van der Waals surface area contributed by atoms with E-state index in [4.69, 9.17) is 4.42 Å². The molecule has 2 aromatic rings. The second-order valence-electron chi connectivity index (χ2n) is 7.02. The highest BCUT2D eigenvalue weighted by atomic mass is 19.1. The van der Waals surface area contributed by atoms with Crippen LogP contribution >= 0.6 is 0 Å². The first-order valence-electron chi connectivity index (χ1n) is 8.48. The third kappa shape index (κ3) is 5.59. The fourth-order valence-corrected chi connectivity index (χ4v) is 2.33. The summed E-state index contributed by atoms with van der Waals surface area (Å²) in [7, 11) is 1.92. The Morgan fingerprint density at radius 1 is 1.36 bits per heavy atom. The molecule has 0 aliphatic carbocycles. The number of rotatable bonds is 5. The highest BCUT2D eigenvalue weighted by Crippen LogP contribution is 2.22. The molecule has 0 fully saturated rings. The maximum atomic E-state index is 13.3. The largest absolute Gasteiger partial charge is 0.443 e. The van der Waals surface area contributed by atoms with Crippen molar-refractivity contribution in [1.29, 1.82) is 0 Å². The molecule has 0 spiro atoms. The number of hydrogen-bond donors (Lipinski definition) is 1. The van der Waals surface area contributed by atoms with Crippen molar-refractivity contribution >= 4 is 5.96 Å². The molecule has 0 amide bonds. The van der Waals surface area contributed by atoms with Gasteiger partial charge in [0.05, 0.1) is 6.20 Å². The molecule has 0 aliphatic heterocycles. The second kappa shape index (κ2) is 8.14. The molecular formula is C19H27FN4O. The Bertz CT molecular complexity index is 718. The number of nitrogens with one attached hydrogen (secondary N) is 1. The zero-order valence-electron chi connectivity index (χ0n) is 15.6. The highest BCUT2D eigenvalue weighted by Gasteiger charge is 2.19. The first-order chi connectivity index (χ1) is 11.8. The van der Waals surface area contributed by atoms with Crippen molar-refractivity contribution in [2.24, 2.45) is 4.99 Å². The number of benzene rings is 1. The molecule has 0 bridgehead atoms. The van der Waals surface area contributed by atoms with E-state index in [1.165, 1.54) is 12.1 Å². The average Bonchev–Trinajstić information content (AvgIpc) is 3.00. The van der Waals surface area contributed by atoms with E-state index in [9.17, 15) is 4.39 Å². The number of aliphatic imine (C=N–C) groups is 1. The van der Waals surface area contributed by atoms with Gasteiger partial charge in [0, 0.05) is 25.6 Å². The first-order valence-corrected chi connectivity index (χ1v) is 8.48. The van der Waals surface area contributed by atoms with E-state index in [0.29, 0.717) is 19.0 Å². The van der Waals surface area contributed by atoms with Gasteiger partial charge < -0.3 is 14.6 Å². The fraction of sp³-hybridized carbons (Fsp3) is 0.474. The van der Waals surface area contributed by atoms with Crippen molar-refractivity contribution < 1.29 is 8.81 Å². The van der Waals surface area contributed by atoms with Gasteiger partial charge in [-0.25, -0.2) is 14.4 Å². The van der Waals surface area contributed by atoms with Gasteiger partial charge in [0.25, 0.3) is 0 Å². The Balaban J connectivity index is 2.08. The van der Waals surface area contributed by atoms with Crippen LogP contribution in [0.4, 0.5) is 4.39 Å². The van der Waals surface area contributed by atoms with Crippen LogP contribution in [0.25, 0.3) is 0 Å². The van der Waals surface area contributed by atoms with Crippen LogP contribution in [0.2, 0.25) is 0 Å². The summed E-state index contributed by atoms with van der Waals surface area (Å²) in [5.74, 6) is 1.92. The van der Waals surface area contributed by atoms with Crippen molar-refractivity contribution in [2.45, 2.75) is 46.2 Å². The number of nitrogens with zero attached hydrogens (tertiary/aromatic N) is 3. The molecule has 2 rings (SSSR count). The molecule has 1 aromatic heterocycles. The molecule has 0 unspecified atom stereocenters. The number of hydrogen-bond acceptors (Lipinski definition) is 3. The highest BCUT2D eigenvalue weighted by molar-refractivity contribution is 5.79. The summed E-state index contributed by atoms with van der Waals surface area (Å²) in [5, 5.41) is 3.24. The van der Waals surface area contributed by atoms with Crippen LogP contribution in [0.15, 0.2) is 39.9 Å². The van der Waals surface area contributed by atoms with E-state index in [-0.39, 0.29) is 11.2 Å². The molecule has 6 heteroatoms. The molecule has 136 valence electrons. The molecule has 0 saturated carbocycles. The Morgan fingerprint density at radius 2 is 2.12 bits per heavy atom. The molecule has 1 heterocycles. The van der Waals surface area contributed by atoms with Crippen LogP contribution in [-0.4, -0.2) is 29.4 Å². The summed E-state index contributed by atoms with van der Waals surface area (Å²) in [5.41, 5.74) is 0.812. The van der Waals surface area contributed by atoms with Gasteiger partial charge in [0.15, 0.2) is 5.96 Å². The van der Waals surface area contributed by atoms with Crippen LogP contribution < -0.4 is 5.32 Å². The lowest BCUT2D eigenvalue weighted by atomic mass is 9.94. The molecule has 0 aliphatic rings. The van der Waals surface area contributed by atoms with Gasteiger partial charge in [0.1, 0.15) is 18.1 Å². The average molecular weight is 346 g/mol. The van der Waals surface area contributed by atoms with Gasteiger partial charge in [-0.1, -0.05) is 32.9 Å². The van der Waals surface area contributed by atoms with Crippen LogP contribution in [0, 0.1) is 5.82 Å². The zero-order chi connectivity index (χ0) is 18.4. The molecule has 1 N–H and O–H groups in total. The smallest absolute Gasteiger partial charge is 0.216 e. The van der Waals surface area contributed by atoms with Crippen LogP contribution in [-0.2, 0) is 18.5 Å². The maximum absolute atomic E-state index is 13.3. The van der Waals surface area contributed by atoms with Gasteiger partial charge in [-0.2, -0.15) is 0 Å². The molecule has 25 heavy (non-hydrogen) atoms. The summed E-state index contributed by atoms with van der Waals surface area (Å²) in [6.07, 6.45) is 1.76. The number of oxazole rings is 1. The van der Waals surface area contributed by atoms with Gasteiger partial charge in [-0.15, -0.1) is 0 Å². The van der Waals surface area contributed by atoms with Crippen molar-refractivity contribution in [3.8, 4) is 0 Å². The first kappa shape index (κ1) is 19.0. The Labute approximate surface area is 149 Å². The standard InChI is InChI=1S/C19H27FN4O/c1-6-21-18(24(5)13-14-8-7-9-15(20)10-14)23-12-17-22-11-16(25-17)19(2,3)4/h7-11H,6,12-13H2,1-5H3,(H,21,23). The van der Waals surface area contributed by atoms with Gasteiger partial charge in [-0.05, 0) is 24.6 Å². The summed E-state index contributed by atoms with van der Waals surface area (Å²) in [6.45, 7) is 9.90. The van der Waals surface area contributed by atoms with Crippen molar-refractivity contribution in [3.63, 3.8) is 0 Å². The van der Waals surface area contributed by atoms with Gasteiger partial charge >= 0.3 is 0 Å². The van der Waals surface area contributed by atoms with Crippen molar-refractivity contribution in [2.75, 3.05) is 13.6 Å². The minimum atomic E-state index is -0.234. The number of guanidine groups is 1. The number of halogens is 1. The topological polar surface area (TPSA) is 53.7 Å². The van der Waals surface area contributed by atoms with E-state index >= 15 is 0 Å². The van der Waals surface area contributed by atoms with E-state index in [0.717, 1.165) is 23.8 Å². The molecular weight excluding hydrogens is 319 g/mol. The summed E-state index contributed by atoms with van der Waals surface area (Å²) in [6, 6.07) is 6.58. The van der Waals surface area contributed by atoms with E-state index in [1.807, 2.05) is 24.9 Å². The van der Waals surface area contributed by atoms with E-state index in [2.05, 4.69) is 36.1 Å². The van der Waals surface area contributed by atoms with E-state index < -0.39 is 0 Å². The minimum Gasteiger partial charge on any atom is -0.443 e. The molecule has 0 radical (unpaired) electrons. The Kier molecular flexibility index (Phi) is 6.17.